The number of para-hydroxylation sites is 1. The monoisotopic (exact) mass is 494 g/mol. The summed E-state index contributed by atoms with van der Waals surface area (Å²) in [4.78, 5) is 24.8. The van der Waals surface area contributed by atoms with Gasteiger partial charge >= 0.3 is 12.1 Å². The maximum atomic E-state index is 13.8. The highest BCUT2D eigenvalue weighted by atomic mass is 19.4. The minimum atomic E-state index is -5.00. The topological polar surface area (TPSA) is 84.2 Å². The molecule has 35 heavy (non-hydrogen) atoms. The molecule has 3 rings (SSSR count). The van der Waals surface area contributed by atoms with E-state index >= 15 is 0 Å². The van der Waals surface area contributed by atoms with Crippen LogP contribution >= 0.6 is 0 Å². The van der Waals surface area contributed by atoms with Crippen LogP contribution in [0.1, 0.15) is 38.0 Å². The van der Waals surface area contributed by atoms with Gasteiger partial charge in [-0.3, -0.25) is 4.79 Å². The highest BCUT2D eigenvalue weighted by Crippen LogP contribution is 2.40. The highest BCUT2D eigenvalue weighted by molar-refractivity contribution is 5.80. The summed E-state index contributed by atoms with van der Waals surface area (Å²) >= 11 is 0. The van der Waals surface area contributed by atoms with Crippen molar-refractivity contribution in [3.8, 4) is 17.2 Å². The first kappa shape index (κ1) is 26.1. The lowest BCUT2D eigenvalue weighted by atomic mass is 10.0. The number of alkyl halides is 3. The Balaban J connectivity index is 1.91. The Morgan fingerprint density at radius 2 is 1.83 bits per heavy atom. The first-order chi connectivity index (χ1) is 16.6. The van der Waals surface area contributed by atoms with Crippen LogP contribution in [0.15, 0.2) is 51.7 Å². The van der Waals surface area contributed by atoms with Crippen LogP contribution in [0.3, 0.4) is 0 Å². The number of carbonyl (C=O) groups excluding carboxylic acids is 1. The molecule has 188 valence electrons. The van der Waals surface area contributed by atoms with Crippen molar-refractivity contribution in [2.24, 2.45) is 0 Å². The third kappa shape index (κ3) is 6.54. The Morgan fingerprint density at radius 1 is 1.09 bits per heavy atom. The van der Waals surface area contributed by atoms with Gasteiger partial charge in [-0.1, -0.05) is 32.0 Å². The zero-order valence-corrected chi connectivity index (χ0v) is 19.4. The summed E-state index contributed by atoms with van der Waals surface area (Å²) in [7, 11) is 0. The van der Waals surface area contributed by atoms with Crippen molar-refractivity contribution >= 4 is 16.9 Å². The lowest BCUT2D eigenvalue weighted by Crippen LogP contribution is -2.18. The molecule has 2 aromatic carbocycles. The number of fused-ring (bicyclic) bond motifs is 1. The molecule has 0 amide bonds. The van der Waals surface area contributed by atoms with Gasteiger partial charge in [0.15, 0.2) is 6.61 Å². The molecule has 0 bridgehead atoms. The van der Waals surface area contributed by atoms with Crippen molar-refractivity contribution in [3.63, 3.8) is 0 Å². The Morgan fingerprint density at radius 3 is 2.51 bits per heavy atom. The van der Waals surface area contributed by atoms with Crippen molar-refractivity contribution in [3.05, 3.63) is 64.0 Å². The van der Waals surface area contributed by atoms with Gasteiger partial charge in [0.25, 0.3) is 5.76 Å². The van der Waals surface area contributed by atoms with E-state index < -0.39 is 35.7 Å². The minimum Gasteiger partial charge on any atom is -0.482 e. The van der Waals surface area contributed by atoms with E-state index in [2.05, 4.69) is 0 Å². The fourth-order valence-corrected chi connectivity index (χ4v) is 3.23. The molecule has 7 nitrogen and oxygen atoms in total. The Hall–Kier alpha value is -3.53. The van der Waals surface area contributed by atoms with Gasteiger partial charge in [-0.25, -0.2) is 4.79 Å². The van der Waals surface area contributed by atoms with E-state index in [0.717, 1.165) is 6.07 Å². The average Bonchev–Trinajstić information content (AvgIpc) is 2.81. The van der Waals surface area contributed by atoms with Crippen LogP contribution in [-0.4, -0.2) is 32.4 Å². The second-order valence-electron chi connectivity index (χ2n) is 7.75. The molecule has 0 atom stereocenters. The van der Waals surface area contributed by atoms with Crippen molar-refractivity contribution < 1.29 is 41.3 Å². The van der Waals surface area contributed by atoms with E-state index in [-0.39, 0.29) is 41.6 Å². The second-order valence-corrected chi connectivity index (χ2v) is 7.75. The Bertz CT molecular complexity index is 1230. The molecule has 1 aromatic heterocycles. The maximum Gasteiger partial charge on any atom is 0.453 e. The number of esters is 1. The summed E-state index contributed by atoms with van der Waals surface area (Å²) in [6.45, 7) is 5.77. The Kier molecular flexibility index (Phi) is 8.39. The quantitative estimate of drug-likeness (QED) is 0.265. The van der Waals surface area contributed by atoms with E-state index in [0.29, 0.717) is 12.2 Å². The van der Waals surface area contributed by atoms with Crippen molar-refractivity contribution in [2.45, 2.75) is 32.9 Å². The number of hydrogen-bond donors (Lipinski definition) is 0. The number of ether oxygens (including phenoxy) is 4. The minimum absolute atomic E-state index is 0.0226. The second kappa shape index (κ2) is 11.3. The molecule has 0 spiro atoms. The largest absolute Gasteiger partial charge is 0.482 e. The summed E-state index contributed by atoms with van der Waals surface area (Å²) < 4.78 is 67.3. The molecule has 1 heterocycles. The van der Waals surface area contributed by atoms with Crippen molar-refractivity contribution in [2.75, 3.05) is 26.4 Å². The lowest BCUT2D eigenvalue weighted by Gasteiger charge is -2.16. The van der Waals surface area contributed by atoms with Gasteiger partial charge in [-0.2, -0.15) is 13.2 Å². The van der Waals surface area contributed by atoms with Crippen LogP contribution in [0.25, 0.3) is 11.0 Å². The summed E-state index contributed by atoms with van der Waals surface area (Å²) in [5, 5.41) is -0.137. The molecule has 0 unspecified atom stereocenters. The third-order valence-electron chi connectivity index (χ3n) is 4.88. The lowest BCUT2D eigenvalue weighted by molar-refractivity contribution is -0.154. The van der Waals surface area contributed by atoms with Gasteiger partial charge in [-0.05, 0) is 36.6 Å². The van der Waals surface area contributed by atoms with Crippen LogP contribution in [0.2, 0.25) is 0 Å². The molecular weight excluding hydrogens is 469 g/mol. The number of benzene rings is 2. The summed E-state index contributed by atoms with van der Waals surface area (Å²) in [5.74, 6) is -3.11. The zero-order valence-electron chi connectivity index (χ0n) is 19.4. The normalized spacial score (nSPS) is 11.6. The van der Waals surface area contributed by atoms with E-state index in [1.165, 1.54) is 18.2 Å². The molecule has 0 aliphatic heterocycles. The molecule has 0 saturated carbocycles. The molecule has 3 aromatic rings. The predicted octanol–water partition coefficient (Wildman–Crippen LogP) is 5.69. The molecule has 0 aliphatic carbocycles. The van der Waals surface area contributed by atoms with E-state index in [1.807, 2.05) is 13.8 Å². The summed E-state index contributed by atoms with van der Waals surface area (Å²) in [6.07, 6.45) is -5.00. The van der Waals surface area contributed by atoms with Crippen molar-refractivity contribution in [1.29, 1.82) is 0 Å². The predicted molar refractivity (Wildman–Crippen MR) is 121 cm³/mol. The van der Waals surface area contributed by atoms with Crippen LogP contribution in [0, 0.1) is 0 Å². The smallest absolute Gasteiger partial charge is 0.453 e. The fraction of sp³-hybridized carbons (Fsp3) is 0.360. The first-order valence-corrected chi connectivity index (χ1v) is 10.9. The summed E-state index contributed by atoms with van der Waals surface area (Å²) in [6, 6.07) is 10.2. The molecular formula is C25H25F3O7. The van der Waals surface area contributed by atoms with Crippen molar-refractivity contribution in [1.82, 2.24) is 0 Å². The highest BCUT2D eigenvalue weighted by Gasteiger charge is 2.40. The Labute approximate surface area is 199 Å². The molecule has 10 heteroatoms. The number of halogens is 3. The van der Waals surface area contributed by atoms with Gasteiger partial charge in [-0.15, -0.1) is 0 Å². The van der Waals surface area contributed by atoms with Gasteiger partial charge in [0.1, 0.15) is 23.7 Å². The molecule has 0 N–H and O–H groups in total. The SMILES string of the molecule is CCOCCOC(=O)COc1ccc2c(=O)c(Oc3ccccc3C(C)C)c(C(F)(F)F)oc2c1. The average molecular weight is 494 g/mol. The molecule has 0 radical (unpaired) electrons. The maximum absolute atomic E-state index is 13.8. The van der Waals surface area contributed by atoms with E-state index in [9.17, 15) is 22.8 Å². The first-order valence-electron chi connectivity index (χ1n) is 10.9. The summed E-state index contributed by atoms with van der Waals surface area (Å²) in [5.41, 5.74) is -0.718. The van der Waals surface area contributed by atoms with Crippen LogP contribution < -0.4 is 14.9 Å². The van der Waals surface area contributed by atoms with Gasteiger partial charge in [0.05, 0.1) is 12.0 Å². The number of hydrogen-bond acceptors (Lipinski definition) is 7. The number of rotatable bonds is 10. The van der Waals surface area contributed by atoms with Gasteiger partial charge < -0.3 is 23.4 Å². The molecule has 0 saturated heterocycles. The standard InChI is InChI=1S/C25H25F3O7/c1-4-31-11-12-32-21(29)14-33-16-9-10-18-20(13-16)35-24(25(26,27)28)23(22(18)30)34-19-8-6-5-7-17(19)15(2)3/h5-10,13,15H,4,11-12,14H2,1-3H3. The van der Waals surface area contributed by atoms with Crippen LogP contribution in [0.5, 0.6) is 17.2 Å². The van der Waals surface area contributed by atoms with E-state index in [4.69, 9.17) is 23.4 Å². The van der Waals surface area contributed by atoms with Gasteiger partial charge in [0.2, 0.25) is 11.2 Å². The van der Waals surface area contributed by atoms with Gasteiger partial charge in [0, 0.05) is 12.7 Å². The van der Waals surface area contributed by atoms with Crippen LogP contribution in [-0.2, 0) is 20.4 Å². The number of carbonyl (C=O) groups is 1. The third-order valence-corrected chi connectivity index (χ3v) is 4.88. The molecule has 0 aliphatic rings. The molecule has 0 fully saturated rings. The van der Waals surface area contributed by atoms with Crippen LogP contribution in [0.4, 0.5) is 13.2 Å². The van der Waals surface area contributed by atoms with E-state index in [1.54, 1.807) is 25.1 Å². The fourth-order valence-electron chi connectivity index (χ4n) is 3.23. The zero-order chi connectivity index (χ0) is 25.6.